The molecule has 0 radical (unpaired) electrons. The lowest BCUT2D eigenvalue weighted by atomic mass is 9.95. The first-order valence-electron chi connectivity index (χ1n) is 6.88. The van der Waals surface area contributed by atoms with Crippen LogP contribution >= 0.6 is 0 Å². The predicted octanol–water partition coefficient (Wildman–Crippen LogP) is 1.74. The van der Waals surface area contributed by atoms with Gasteiger partial charge >= 0.3 is 0 Å². The summed E-state index contributed by atoms with van der Waals surface area (Å²) in [4.78, 5) is 16.5. The number of anilines is 1. The van der Waals surface area contributed by atoms with Crippen LogP contribution in [0, 0.1) is 0 Å². The number of aromatic nitrogens is 1. The molecular formula is C16H17N3O2. The van der Waals surface area contributed by atoms with E-state index in [0.29, 0.717) is 24.5 Å². The molecule has 0 fully saturated rings. The summed E-state index contributed by atoms with van der Waals surface area (Å²) >= 11 is 0. The van der Waals surface area contributed by atoms with Gasteiger partial charge in [0.15, 0.2) is 0 Å². The van der Waals surface area contributed by atoms with Crippen molar-refractivity contribution in [1.82, 2.24) is 10.3 Å². The third-order valence-electron chi connectivity index (χ3n) is 3.62. The number of benzene rings is 1. The van der Waals surface area contributed by atoms with Gasteiger partial charge in [0.05, 0.1) is 13.2 Å². The van der Waals surface area contributed by atoms with Gasteiger partial charge in [0, 0.05) is 12.7 Å². The van der Waals surface area contributed by atoms with Crippen LogP contribution in [-0.4, -0.2) is 24.0 Å². The molecule has 1 aromatic heterocycles. The molecular weight excluding hydrogens is 266 g/mol. The highest BCUT2D eigenvalue weighted by Crippen LogP contribution is 2.21. The molecule has 5 nitrogen and oxygen atoms in total. The maximum atomic E-state index is 12.4. The van der Waals surface area contributed by atoms with E-state index < -0.39 is 0 Å². The van der Waals surface area contributed by atoms with Crippen molar-refractivity contribution in [3.63, 3.8) is 0 Å². The fraction of sp³-hybridized carbons (Fsp3) is 0.250. The van der Waals surface area contributed by atoms with Crippen molar-refractivity contribution >= 4 is 11.6 Å². The van der Waals surface area contributed by atoms with Gasteiger partial charge < -0.3 is 15.4 Å². The summed E-state index contributed by atoms with van der Waals surface area (Å²) in [6, 6.07) is 11.5. The molecule has 2 heterocycles. The van der Waals surface area contributed by atoms with Crippen LogP contribution in [0.5, 0.6) is 5.88 Å². The SMILES string of the molecule is COc1ncccc1NC(=O)[C@H]1Cc2ccccc2CN1. The zero-order valence-electron chi connectivity index (χ0n) is 11.8. The van der Waals surface area contributed by atoms with Gasteiger partial charge in [0.2, 0.25) is 11.8 Å². The smallest absolute Gasteiger partial charge is 0.242 e. The largest absolute Gasteiger partial charge is 0.480 e. The second-order valence-electron chi connectivity index (χ2n) is 4.96. The van der Waals surface area contributed by atoms with E-state index in [2.05, 4.69) is 27.8 Å². The molecule has 21 heavy (non-hydrogen) atoms. The van der Waals surface area contributed by atoms with Crippen LogP contribution in [0.15, 0.2) is 42.6 Å². The zero-order chi connectivity index (χ0) is 14.7. The number of hydrogen-bond acceptors (Lipinski definition) is 4. The normalized spacial score (nSPS) is 16.9. The van der Waals surface area contributed by atoms with Gasteiger partial charge in [-0.25, -0.2) is 4.98 Å². The van der Waals surface area contributed by atoms with E-state index in [9.17, 15) is 4.79 Å². The second kappa shape index (κ2) is 5.93. The number of amides is 1. The molecule has 0 bridgehead atoms. The number of pyridine rings is 1. The average molecular weight is 283 g/mol. The summed E-state index contributed by atoms with van der Waals surface area (Å²) in [7, 11) is 1.53. The van der Waals surface area contributed by atoms with Crippen molar-refractivity contribution in [3.05, 3.63) is 53.7 Å². The molecule has 1 aromatic carbocycles. The van der Waals surface area contributed by atoms with Crippen molar-refractivity contribution in [2.45, 2.75) is 19.0 Å². The Morgan fingerprint density at radius 3 is 2.90 bits per heavy atom. The van der Waals surface area contributed by atoms with Crippen molar-refractivity contribution in [3.8, 4) is 5.88 Å². The summed E-state index contributed by atoms with van der Waals surface area (Å²) in [5.74, 6) is 0.345. The van der Waals surface area contributed by atoms with Crippen LogP contribution in [0.25, 0.3) is 0 Å². The maximum absolute atomic E-state index is 12.4. The van der Waals surface area contributed by atoms with Crippen molar-refractivity contribution in [2.24, 2.45) is 0 Å². The molecule has 0 saturated heterocycles. The number of rotatable bonds is 3. The van der Waals surface area contributed by atoms with Crippen LogP contribution in [0.4, 0.5) is 5.69 Å². The van der Waals surface area contributed by atoms with Crippen LogP contribution in [0.3, 0.4) is 0 Å². The van der Waals surface area contributed by atoms with Gasteiger partial charge in [0.1, 0.15) is 5.69 Å². The Morgan fingerprint density at radius 1 is 1.29 bits per heavy atom. The maximum Gasteiger partial charge on any atom is 0.242 e. The first kappa shape index (κ1) is 13.6. The molecule has 0 saturated carbocycles. The number of carbonyl (C=O) groups is 1. The zero-order valence-corrected chi connectivity index (χ0v) is 11.8. The Kier molecular flexibility index (Phi) is 3.83. The highest BCUT2D eigenvalue weighted by molar-refractivity contribution is 5.96. The number of ether oxygens (including phenoxy) is 1. The second-order valence-corrected chi connectivity index (χ2v) is 4.96. The predicted molar refractivity (Wildman–Crippen MR) is 80.2 cm³/mol. The third-order valence-corrected chi connectivity index (χ3v) is 3.62. The molecule has 0 unspecified atom stereocenters. The van der Waals surface area contributed by atoms with E-state index in [0.717, 1.165) is 0 Å². The van der Waals surface area contributed by atoms with Crippen molar-refractivity contribution in [1.29, 1.82) is 0 Å². The number of nitrogens with zero attached hydrogens (tertiary/aromatic N) is 1. The standard InChI is InChI=1S/C16H17N3O2/c1-21-16-13(7-4-8-17-16)19-15(20)14-9-11-5-2-3-6-12(11)10-18-14/h2-8,14,18H,9-10H2,1H3,(H,19,20)/t14-/m1/s1. The van der Waals surface area contributed by atoms with Crippen LogP contribution in [0.2, 0.25) is 0 Å². The van der Waals surface area contributed by atoms with Crippen LogP contribution < -0.4 is 15.4 Å². The highest BCUT2D eigenvalue weighted by atomic mass is 16.5. The fourth-order valence-electron chi connectivity index (χ4n) is 2.51. The first-order chi connectivity index (χ1) is 10.3. The first-order valence-corrected chi connectivity index (χ1v) is 6.88. The fourth-order valence-corrected chi connectivity index (χ4v) is 2.51. The minimum atomic E-state index is -0.246. The summed E-state index contributed by atoms with van der Waals surface area (Å²) in [5.41, 5.74) is 3.06. The van der Waals surface area contributed by atoms with Crippen molar-refractivity contribution in [2.75, 3.05) is 12.4 Å². The van der Waals surface area contributed by atoms with E-state index >= 15 is 0 Å². The monoisotopic (exact) mass is 283 g/mol. The van der Waals surface area contributed by atoms with Gasteiger partial charge in [-0.05, 0) is 29.7 Å². The Labute approximate surface area is 123 Å². The molecule has 2 N–H and O–H groups in total. The van der Waals surface area contributed by atoms with E-state index in [-0.39, 0.29) is 11.9 Å². The van der Waals surface area contributed by atoms with Gasteiger partial charge in [0.25, 0.3) is 0 Å². The van der Waals surface area contributed by atoms with Crippen molar-refractivity contribution < 1.29 is 9.53 Å². The average Bonchev–Trinajstić information content (AvgIpc) is 2.55. The Bertz CT molecular complexity index is 657. The Balaban J connectivity index is 1.72. The topological polar surface area (TPSA) is 63.2 Å². The minimum absolute atomic E-state index is 0.0733. The number of hydrogen-bond donors (Lipinski definition) is 2. The molecule has 3 rings (SSSR count). The third kappa shape index (κ3) is 2.87. The van der Waals surface area contributed by atoms with Gasteiger partial charge in [-0.1, -0.05) is 24.3 Å². The molecule has 1 atom stereocenters. The minimum Gasteiger partial charge on any atom is -0.480 e. The van der Waals surface area contributed by atoms with Crippen LogP contribution in [-0.2, 0) is 17.8 Å². The lowest BCUT2D eigenvalue weighted by Crippen LogP contribution is -2.44. The Hall–Kier alpha value is -2.40. The Morgan fingerprint density at radius 2 is 2.10 bits per heavy atom. The molecule has 108 valence electrons. The summed E-state index contributed by atoms with van der Waals surface area (Å²) in [5, 5.41) is 6.13. The molecule has 1 aliphatic rings. The van der Waals surface area contributed by atoms with Gasteiger partial charge in [-0.3, -0.25) is 4.79 Å². The van der Waals surface area contributed by atoms with Gasteiger partial charge in [-0.15, -0.1) is 0 Å². The van der Waals surface area contributed by atoms with E-state index in [1.807, 2.05) is 12.1 Å². The summed E-state index contributed by atoms with van der Waals surface area (Å²) in [6.07, 6.45) is 2.31. The lowest BCUT2D eigenvalue weighted by Gasteiger charge is -2.25. The number of fused-ring (bicyclic) bond motifs is 1. The molecule has 1 aliphatic heterocycles. The van der Waals surface area contributed by atoms with Gasteiger partial charge in [-0.2, -0.15) is 0 Å². The number of nitrogens with one attached hydrogen (secondary N) is 2. The molecule has 0 spiro atoms. The summed E-state index contributed by atoms with van der Waals surface area (Å²) in [6.45, 7) is 0.707. The number of methoxy groups -OCH3 is 1. The highest BCUT2D eigenvalue weighted by Gasteiger charge is 2.24. The molecule has 2 aromatic rings. The van der Waals surface area contributed by atoms with E-state index in [1.165, 1.54) is 18.2 Å². The molecule has 0 aliphatic carbocycles. The quantitative estimate of drug-likeness (QED) is 0.900. The molecule has 5 heteroatoms. The molecule has 1 amide bonds. The van der Waals surface area contributed by atoms with Crippen LogP contribution in [0.1, 0.15) is 11.1 Å². The van der Waals surface area contributed by atoms with E-state index in [1.54, 1.807) is 18.3 Å². The van der Waals surface area contributed by atoms with E-state index in [4.69, 9.17) is 4.74 Å². The lowest BCUT2D eigenvalue weighted by molar-refractivity contribution is -0.118. The number of carbonyl (C=O) groups excluding carboxylic acids is 1. The summed E-state index contributed by atoms with van der Waals surface area (Å²) < 4.78 is 5.14.